The van der Waals surface area contributed by atoms with Crippen LogP contribution in [0.15, 0.2) is 59.1 Å². The fraction of sp³-hybridized carbons (Fsp3) is 0.240. The van der Waals surface area contributed by atoms with Crippen molar-refractivity contribution in [2.75, 3.05) is 19.0 Å². The fourth-order valence-electron chi connectivity index (χ4n) is 2.94. The molecule has 1 aromatic heterocycles. The van der Waals surface area contributed by atoms with E-state index in [1.165, 1.54) is 18.4 Å². The van der Waals surface area contributed by atoms with E-state index >= 15 is 0 Å². The molecule has 0 bridgehead atoms. The van der Waals surface area contributed by atoms with Gasteiger partial charge >= 0.3 is 11.9 Å². The minimum Gasteiger partial charge on any atom is -0.479 e. The molecule has 1 N–H and O–H groups in total. The molecule has 3 rings (SSSR count). The van der Waals surface area contributed by atoms with E-state index in [2.05, 4.69) is 21.2 Å². The highest BCUT2D eigenvalue weighted by molar-refractivity contribution is 9.10. The second-order valence-electron chi connectivity index (χ2n) is 8.17. The van der Waals surface area contributed by atoms with Crippen molar-refractivity contribution in [3.05, 3.63) is 69.5 Å². The molecule has 3 aromatic rings. The minimum absolute atomic E-state index is 0.208. The molecule has 0 atom stereocenters. The molecular weight excluding hydrogens is 522 g/mol. The van der Waals surface area contributed by atoms with Crippen LogP contribution < -0.4 is 10.1 Å². The zero-order chi connectivity index (χ0) is 24.9. The van der Waals surface area contributed by atoms with Crippen LogP contribution >= 0.6 is 27.3 Å². The lowest BCUT2D eigenvalue weighted by Crippen LogP contribution is -2.27. The van der Waals surface area contributed by atoms with Gasteiger partial charge in [0.15, 0.2) is 17.2 Å². The number of ether oxygens (including phenoxy) is 3. The van der Waals surface area contributed by atoms with Gasteiger partial charge in [-0.15, -0.1) is 11.3 Å². The Bertz CT molecular complexity index is 1180. The highest BCUT2D eigenvalue weighted by Crippen LogP contribution is 2.46. The third kappa shape index (κ3) is 6.45. The Kier molecular flexibility index (Phi) is 8.11. The lowest BCUT2D eigenvalue weighted by molar-refractivity contribution is -0.157. The maximum absolute atomic E-state index is 12.4. The predicted octanol–water partition coefficient (Wildman–Crippen LogP) is 5.94. The van der Waals surface area contributed by atoms with Gasteiger partial charge in [0, 0.05) is 11.3 Å². The number of thiophene rings is 1. The van der Waals surface area contributed by atoms with Gasteiger partial charge in [0.05, 0.1) is 16.5 Å². The average Bonchev–Trinajstić information content (AvgIpc) is 3.13. The van der Waals surface area contributed by atoms with Crippen LogP contribution in [0, 0.1) is 0 Å². The summed E-state index contributed by atoms with van der Waals surface area (Å²) in [6.45, 7) is 4.92. The second kappa shape index (κ2) is 10.8. The van der Waals surface area contributed by atoms with Gasteiger partial charge in [-0.3, -0.25) is 4.79 Å². The molecule has 1 amide bonds. The zero-order valence-electron chi connectivity index (χ0n) is 19.1. The number of halogens is 1. The first-order valence-corrected chi connectivity index (χ1v) is 11.9. The second-order valence-corrected chi connectivity index (χ2v) is 9.98. The maximum Gasteiger partial charge on any atom is 0.351 e. The van der Waals surface area contributed by atoms with E-state index in [9.17, 15) is 14.4 Å². The summed E-state index contributed by atoms with van der Waals surface area (Å²) in [6, 6.07) is 16.1. The van der Waals surface area contributed by atoms with Crippen LogP contribution in [-0.2, 0) is 14.3 Å². The minimum atomic E-state index is -0.652. The Morgan fingerprint density at radius 3 is 2.24 bits per heavy atom. The number of carbonyl (C=O) groups excluding carboxylic acids is 3. The van der Waals surface area contributed by atoms with Crippen LogP contribution in [0.2, 0.25) is 0 Å². The number of carbonyl (C=O) groups is 3. The fourth-order valence-corrected chi connectivity index (χ4v) is 4.91. The molecule has 0 saturated carbocycles. The van der Waals surface area contributed by atoms with Crippen molar-refractivity contribution < 1.29 is 28.6 Å². The third-order valence-corrected chi connectivity index (χ3v) is 6.59. The van der Waals surface area contributed by atoms with Crippen molar-refractivity contribution in [2.24, 2.45) is 0 Å². The van der Waals surface area contributed by atoms with E-state index in [-0.39, 0.29) is 23.1 Å². The van der Waals surface area contributed by atoms with Crippen molar-refractivity contribution in [3.8, 4) is 16.2 Å². The highest BCUT2D eigenvalue weighted by Gasteiger charge is 2.26. The molecule has 9 heteroatoms. The van der Waals surface area contributed by atoms with Gasteiger partial charge in [-0.1, -0.05) is 30.3 Å². The largest absolute Gasteiger partial charge is 0.479 e. The number of esters is 2. The average molecular weight is 546 g/mol. The van der Waals surface area contributed by atoms with Gasteiger partial charge in [0.1, 0.15) is 5.60 Å². The van der Waals surface area contributed by atoms with Gasteiger partial charge in [-0.2, -0.15) is 0 Å². The predicted molar refractivity (Wildman–Crippen MR) is 135 cm³/mol. The van der Waals surface area contributed by atoms with Gasteiger partial charge in [-0.05, 0) is 66.5 Å². The number of nitrogens with one attached hydrogen (secondary N) is 1. The zero-order valence-corrected chi connectivity index (χ0v) is 21.5. The Morgan fingerprint density at radius 1 is 1.00 bits per heavy atom. The molecule has 0 fully saturated rings. The summed E-state index contributed by atoms with van der Waals surface area (Å²) in [5.74, 6) is -1.14. The van der Waals surface area contributed by atoms with Crippen molar-refractivity contribution >= 4 is 50.8 Å². The number of amides is 1. The van der Waals surface area contributed by atoms with Crippen molar-refractivity contribution in [1.82, 2.24) is 0 Å². The normalized spacial score (nSPS) is 11.0. The quantitative estimate of drug-likeness (QED) is 0.369. The molecule has 0 spiro atoms. The van der Waals surface area contributed by atoms with Crippen LogP contribution in [0.3, 0.4) is 0 Å². The molecule has 2 aromatic carbocycles. The first-order chi connectivity index (χ1) is 16.1. The monoisotopic (exact) mass is 545 g/mol. The van der Waals surface area contributed by atoms with Crippen molar-refractivity contribution in [1.29, 1.82) is 0 Å². The van der Waals surface area contributed by atoms with E-state index in [0.717, 1.165) is 5.56 Å². The SMILES string of the molecule is COC(=O)c1sc(-c2ccc(NC(=O)c3ccccc3)cc2)c(Br)c1OCC(=O)OC(C)(C)C. The van der Waals surface area contributed by atoms with Crippen molar-refractivity contribution in [2.45, 2.75) is 26.4 Å². The third-order valence-electron chi connectivity index (χ3n) is 4.38. The number of methoxy groups -OCH3 is 1. The first kappa shape index (κ1) is 25.5. The van der Waals surface area contributed by atoms with E-state index in [4.69, 9.17) is 14.2 Å². The Labute approximate surface area is 210 Å². The van der Waals surface area contributed by atoms with Crippen molar-refractivity contribution in [3.63, 3.8) is 0 Å². The van der Waals surface area contributed by atoms with E-state index in [0.29, 0.717) is 20.6 Å². The van der Waals surface area contributed by atoms with Crippen LogP contribution in [0.4, 0.5) is 5.69 Å². The highest BCUT2D eigenvalue weighted by atomic mass is 79.9. The van der Waals surface area contributed by atoms with Crippen LogP contribution in [0.1, 0.15) is 40.8 Å². The summed E-state index contributed by atoms with van der Waals surface area (Å²) >= 11 is 4.66. The van der Waals surface area contributed by atoms with E-state index < -0.39 is 17.5 Å². The molecular formula is C25H24BrNO6S. The molecule has 178 valence electrons. The number of anilines is 1. The Morgan fingerprint density at radius 2 is 1.65 bits per heavy atom. The summed E-state index contributed by atoms with van der Waals surface area (Å²) in [4.78, 5) is 37.7. The summed E-state index contributed by atoms with van der Waals surface area (Å²) < 4.78 is 16.3. The summed E-state index contributed by atoms with van der Waals surface area (Å²) in [5, 5.41) is 2.85. The van der Waals surface area contributed by atoms with Crippen LogP contribution in [0.25, 0.3) is 10.4 Å². The number of hydrogen-bond acceptors (Lipinski definition) is 7. The molecule has 34 heavy (non-hydrogen) atoms. The summed E-state index contributed by atoms with van der Waals surface area (Å²) in [7, 11) is 1.28. The lowest BCUT2D eigenvalue weighted by Gasteiger charge is -2.19. The molecule has 7 nitrogen and oxygen atoms in total. The number of benzene rings is 2. The molecule has 0 unspecified atom stereocenters. The van der Waals surface area contributed by atoms with Crippen LogP contribution in [0.5, 0.6) is 5.75 Å². The molecule has 0 aliphatic rings. The molecule has 0 aliphatic carbocycles. The Balaban J connectivity index is 1.81. The van der Waals surface area contributed by atoms with Gasteiger partial charge < -0.3 is 19.5 Å². The standard InChI is InChI=1S/C25H24BrNO6S/c1-25(2,3)33-18(28)14-32-20-19(26)21(34-22(20)24(30)31-4)15-10-12-17(13-11-15)27-23(29)16-8-6-5-7-9-16/h5-13H,14H2,1-4H3,(H,27,29). The maximum atomic E-state index is 12.4. The van der Waals surface area contributed by atoms with Gasteiger partial charge in [-0.25, -0.2) is 9.59 Å². The topological polar surface area (TPSA) is 90.9 Å². The molecule has 1 heterocycles. The lowest BCUT2D eigenvalue weighted by atomic mass is 10.1. The summed E-state index contributed by atoms with van der Waals surface area (Å²) in [6.07, 6.45) is 0. The van der Waals surface area contributed by atoms with E-state index in [1.807, 2.05) is 18.2 Å². The first-order valence-electron chi connectivity index (χ1n) is 10.3. The number of hydrogen-bond donors (Lipinski definition) is 1. The van der Waals surface area contributed by atoms with Crippen LogP contribution in [-0.4, -0.2) is 37.2 Å². The van der Waals surface area contributed by atoms with E-state index in [1.54, 1.807) is 57.2 Å². The molecule has 0 radical (unpaired) electrons. The smallest absolute Gasteiger partial charge is 0.351 e. The Hall–Kier alpha value is -3.17. The number of rotatable bonds is 7. The molecule has 0 saturated heterocycles. The van der Waals surface area contributed by atoms with Gasteiger partial charge in [0.25, 0.3) is 5.91 Å². The molecule has 0 aliphatic heterocycles. The van der Waals surface area contributed by atoms with Gasteiger partial charge in [0.2, 0.25) is 0 Å². The summed E-state index contributed by atoms with van der Waals surface area (Å²) in [5.41, 5.74) is 1.31.